The molecule has 0 aliphatic heterocycles. The maximum absolute atomic E-state index is 13.4. The van der Waals surface area contributed by atoms with Gasteiger partial charge < -0.3 is 15.2 Å². The second-order valence-electron chi connectivity index (χ2n) is 6.32. The van der Waals surface area contributed by atoms with Crippen molar-refractivity contribution in [2.75, 3.05) is 11.9 Å². The van der Waals surface area contributed by atoms with Gasteiger partial charge in [-0.3, -0.25) is 0 Å². The number of aryl methyl sites for hydroxylation is 1. The lowest BCUT2D eigenvalue weighted by molar-refractivity contribution is -0.142. The Hall–Kier alpha value is -1.98. The first-order valence-electron chi connectivity index (χ1n) is 8.62. The summed E-state index contributed by atoms with van der Waals surface area (Å²) in [5, 5.41) is 12.4. The van der Waals surface area contributed by atoms with Crippen LogP contribution in [0.15, 0.2) is 30.3 Å². The first-order chi connectivity index (χ1) is 12.8. The molecule has 0 aromatic heterocycles. The Labute approximate surface area is 168 Å². The molecule has 0 saturated heterocycles. The molecule has 2 N–H and O–H groups in total. The van der Waals surface area contributed by atoms with Crippen molar-refractivity contribution in [1.29, 1.82) is 0 Å². The van der Waals surface area contributed by atoms with Crippen molar-refractivity contribution in [1.82, 2.24) is 0 Å². The topological polar surface area (TPSA) is 58.6 Å². The van der Waals surface area contributed by atoms with Gasteiger partial charge in [0, 0.05) is 18.7 Å². The average molecular weight is 414 g/mol. The Bertz CT molecular complexity index is 791. The first kappa shape index (κ1) is 21.3. The number of hydrogen-bond acceptors (Lipinski definition) is 3. The van der Waals surface area contributed by atoms with Crippen LogP contribution in [0.5, 0.6) is 5.75 Å². The van der Waals surface area contributed by atoms with Crippen molar-refractivity contribution in [2.24, 2.45) is 0 Å². The predicted octanol–water partition coefficient (Wildman–Crippen LogP) is 5.67. The number of benzene rings is 2. The van der Waals surface area contributed by atoms with Gasteiger partial charge in [-0.15, -0.1) is 0 Å². The predicted molar refractivity (Wildman–Crippen MR) is 107 cm³/mol. The number of ether oxygens (including phenoxy) is 1. The van der Waals surface area contributed by atoms with Crippen LogP contribution in [0.3, 0.4) is 0 Å². The van der Waals surface area contributed by atoms with Crippen LogP contribution in [0.25, 0.3) is 0 Å². The molecule has 2 rings (SSSR count). The van der Waals surface area contributed by atoms with E-state index in [9.17, 15) is 9.18 Å². The van der Waals surface area contributed by atoms with Gasteiger partial charge in [-0.05, 0) is 54.3 Å². The summed E-state index contributed by atoms with van der Waals surface area (Å²) in [5.74, 6) is -1.23. The molecule has 0 fully saturated rings. The summed E-state index contributed by atoms with van der Waals surface area (Å²) in [7, 11) is 0. The maximum Gasteiger partial charge on any atom is 0.338 e. The Kier molecular flexibility index (Phi) is 7.75. The van der Waals surface area contributed by atoms with E-state index in [0.717, 1.165) is 29.8 Å². The monoisotopic (exact) mass is 413 g/mol. The fraction of sp³-hybridized carbons (Fsp3) is 0.350. The lowest BCUT2D eigenvalue weighted by atomic mass is 10.1. The highest BCUT2D eigenvalue weighted by Gasteiger charge is 2.18. The molecule has 0 amide bonds. The number of carbonyl (C=O) groups is 1. The molecule has 7 heteroatoms. The Morgan fingerprint density at radius 3 is 2.44 bits per heavy atom. The minimum atomic E-state index is -2.01. The van der Waals surface area contributed by atoms with Crippen molar-refractivity contribution in [3.8, 4) is 5.75 Å². The average Bonchev–Trinajstić information content (AvgIpc) is 2.58. The number of carboxylic acids is 1. The molecule has 27 heavy (non-hydrogen) atoms. The molecule has 146 valence electrons. The van der Waals surface area contributed by atoms with E-state index in [4.69, 9.17) is 33.0 Å². The van der Waals surface area contributed by atoms with Crippen molar-refractivity contribution in [3.63, 3.8) is 0 Å². The molecule has 1 atom stereocenters. The number of halogens is 3. The number of anilines is 1. The molecule has 0 heterocycles. The van der Waals surface area contributed by atoms with Gasteiger partial charge in [-0.2, -0.15) is 0 Å². The summed E-state index contributed by atoms with van der Waals surface area (Å²) in [6, 6.07) is 9.02. The number of aliphatic carboxylic acids is 1. The second kappa shape index (κ2) is 9.81. The number of alkyl halides is 1. The van der Waals surface area contributed by atoms with Crippen LogP contribution in [0.4, 0.5) is 10.1 Å². The third-order valence-corrected chi connectivity index (χ3v) is 4.40. The number of nitrogens with one attached hydrogen (secondary N) is 1. The van der Waals surface area contributed by atoms with E-state index in [-0.39, 0.29) is 28.8 Å². The van der Waals surface area contributed by atoms with Gasteiger partial charge in [0.1, 0.15) is 6.61 Å². The van der Waals surface area contributed by atoms with Crippen molar-refractivity contribution >= 4 is 34.9 Å². The zero-order chi connectivity index (χ0) is 20.0. The van der Waals surface area contributed by atoms with Crippen LogP contribution in [-0.2, 0) is 17.8 Å². The van der Waals surface area contributed by atoms with E-state index in [0.29, 0.717) is 5.56 Å². The second-order valence-corrected chi connectivity index (χ2v) is 7.14. The molecule has 1 unspecified atom stereocenters. The van der Waals surface area contributed by atoms with Gasteiger partial charge in [-0.1, -0.05) is 36.2 Å². The van der Waals surface area contributed by atoms with Crippen molar-refractivity contribution < 1.29 is 19.0 Å². The van der Waals surface area contributed by atoms with E-state index in [1.807, 2.05) is 19.1 Å². The largest absolute Gasteiger partial charge is 0.486 e. The van der Waals surface area contributed by atoms with Crippen molar-refractivity contribution in [3.05, 3.63) is 57.1 Å². The van der Waals surface area contributed by atoms with E-state index in [2.05, 4.69) is 18.3 Å². The minimum Gasteiger partial charge on any atom is -0.486 e. The first-order valence-corrected chi connectivity index (χ1v) is 9.37. The number of rotatable bonds is 9. The lowest BCUT2D eigenvalue weighted by Gasteiger charge is -2.14. The summed E-state index contributed by atoms with van der Waals surface area (Å²) in [6.07, 6.45) is -1.29. The molecule has 0 radical (unpaired) electrons. The van der Waals surface area contributed by atoms with Gasteiger partial charge in [0.15, 0.2) is 5.75 Å². The Morgan fingerprint density at radius 2 is 1.85 bits per heavy atom. The third-order valence-electron chi connectivity index (χ3n) is 3.84. The molecule has 2 aromatic rings. The van der Waals surface area contributed by atoms with Crippen molar-refractivity contribution in [2.45, 2.75) is 39.5 Å². The normalized spacial score (nSPS) is 11.9. The molecule has 0 spiro atoms. The number of carboxylic acid groups (broad SMARTS) is 1. The van der Waals surface area contributed by atoms with Gasteiger partial charge in [0.2, 0.25) is 6.17 Å². The summed E-state index contributed by atoms with van der Waals surface area (Å²) in [6.45, 7) is 5.25. The van der Waals surface area contributed by atoms with E-state index in [1.165, 1.54) is 12.1 Å². The van der Waals surface area contributed by atoms with Gasteiger partial charge in [0.05, 0.1) is 10.0 Å². The van der Waals surface area contributed by atoms with Crippen LogP contribution in [0.2, 0.25) is 10.0 Å². The van der Waals surface area contributed by atoms with E-state index in [1.54, 1.807) is 0 Å². The number of hydrogen-bond donors (Lipinski definition) is 2. The summed E-state index contributed by atoms with van der Waals surface area (Å²) >= 11 is 12.4. The van der Waals surface area contributed by atoms with Crippen LogP contribution in [-0.4, -0.2) is 23.8 Å². The van der Waals surface area contributed by atoms with E-state index < -0.39 is 12.1 Å². The maximum atomic E-state index is 13.4. The third kappa shape index (κ3) is 6.29. The summed E-state index contributed by atoms with van der Waals surface area (Å²) < 4.78 is 19.2. The highest BCUT2D eigenvalue weighted by atomic mass is 35.5. The smallest absolute Gasteiger partial charge is 0.338 e. The Balaban J connectivity index is 2.11. The SMILES string of the molecule is CCCNc1cc(C)cc(COc2c(Cl)cc(CC(F)C(=O)O)cc2Cl)c1. The fourth-order valence-corrected chi connectivity index (χ4v) is 3.28. The molecule has 0 saturated carbocycles. The quantitative estimate of drug-likeness (QED) is 0.555. The van der Waals surface area contributed by atoms with Gasteiger partial charge >= 0.3 is 5.97 Å². The van der Waals surface area contributed by atoms with Crippen LogP contribution in [0.1, 0.15) is 30.0 Å². The van der Waals surface area contributed by atoms with Crippen LogP contribution < -0.4 is 10.1 Å². The highest BCUT2D eigenvalue weighted by molar-refractivity contribution is 6.37. The minimum absolute atomic E-state index is 0.215. The van der Waals surface area contributed by atoms with Crippen LogP contribution >= 0.6 is 23.2 Å². The molecule has 0 bridgehead atoms. The Morgan fingerprint density at radius 1 is 1.19 bits per heavy atom. The lowest BCUT2D eigenvalue weighted by Crippen LogP contribution is -2.17. The molecular formula is C20H22Cl2FNO3. The molecule has 2 aromatic carbocycles. The zero-order valence-electron chi connectivity index (χ0n) is 15.2. The summed E-state index contributed by atoms with van der Waals surface area (Å²) in [5.41, 5.74) is 3.48. The zero-order valence-corrected chi connectivity index (χ0v) is 16.7. The van der Waals surface area contributed by atoms with Crippen LogP contribution in [0, 0.1) is 6.92 Å². The molecule has 0 aliphatic carbocycles. The van der Waals surface area contributed by atoms with Gasteiger partial charge in [-0.25, -0.2) is 9.18 Å². The standard InChI is InChI=1S/C20H22Cl2FNO3/c1-3-4-24-15-6-12(2)5-14(7-15)11-27-19-16(21)8-13(9-17(19)22)10-18(23)20(25)26/h5-9,18,24H,3-4,10-11H2,1-2H3,(H,25,26). The van der Waals surface area contributed by atoms with E-state index >= 15 is 0 Å². The van der Waals surface area contributed by atoms with Gasteiger partial charge in [0.25, 0.3) is 0 Å². The summed E-state index contributed by atoms with van der Waals surface area (Å²) in [4.78, 5) is 10.6. The molecular weight excluding hydrogens is 392 g/mol. The molecule has 0 aliphatic rings. The highest BCUT2D eigenvalue weighted by Crippen LogP contribution is 2.35. The molecule has 4 nitrogen and oxygen atoms in total. The fourth-order valence-electron chi connectivity index (χ4n) is 2.64.